The smallest absolute Gasteiger partial charge is 0.246 e. The van der Waals surface area contributed by atoms with Gasteiger partial charge in [-0.2, -0.15) is 5.10 Å². The van der Waals surface area contributed by atoms with Crippen molar-refractivity contribution in [1.29, 1.82) is 0 Å². The van der Waals surface area contributed by atoms with Crippen molar-refractivity contribution in [2.24, 2.45) is 0 Å². The predicted molar refractivity (Wildman–Crippen MR) is 70.0 cm³/mol. The number of benzene rings is 1. The molecular weight excluding hydrogens is 317 g/mol. The monoisotopic (exact) mass is 327 g/mol. The minimum absolute atomic E-state index is 0.0781. The van der Waals surface area contributed by atoms with E-state index < -0.39 is 0 Å². The maximum Gasteiger partial charge on any atom is 0.246 e. The molecule has 1 heterocycles. The normalized spacial score (nSPS) is 10.1. The molecule has 0 bridgehead atoms. The SMILES string of the molecule is O=C(Cn1cc(I)cn1)Nc1ccccc1. The molecule has 0 saturated carbocycles. The fourth-order valence-electron chi connectivity index (χ4n) is 1.29. The molecule has 0 unspecified atom stereocenters. The van der Waals surface area contributed by atoms with Crippen LogP contribution in [0.2, 0.25) is 0 Å². The summed E-state index contributed by atoms with van der Waals surface area (Å²) in [4.78, 5) is 11.6. The third-order valence-electron chi connectivity index (χ3n) is 1.96. The van der Waals surface area contributed by atoms with Crippen LogP contribution >= 0.6 is 22.6 Å². The van der Waals surface area contributed by atoms with Gasteiger partial charge in [0.05, 0.1) is 9.77 Å². The summed E-state index contributed by atoms with van der Waals surface area (Å²) < 4.78 is 2.63. The highest BCUT2D eigenvalue weighted by molar-refractivity contribution is 14.1. The molecule has 16 heavy (non-hydrogen) atoms. The van der Waals surface area contributed by atoms with Crippen molar-refractivity contribution in [3.05, 3.63) is 46.3 Å². The van der Waals surface area contributed by atoms with Crippen LogP contribution in [0.15, 0.2) is 42.7 Å². The zero-order valence-corrected chi connectivity index (χ0v) is 10.6. The van der Waals surface area contributed by atoms with E-state index >= 15 is 0 Å². The lowest BCUT2D eigenvalue weighted by Crippen LogP contribution is -2.18. The molecule has 4 nitrogen and oxygen atoms in total. The summed E-state index contributed by atoms with van der Waals surface area (Å²) in [7, 11) is 0. The van der Waals surface area contributed by atoms with Gasteiger partial charge in [0.1, 0.15) is 6.54 Å². The third-order valence-corrected chi connectivity index (χ3v) is 2.52. The summed E-state index contributed by atoms with van der Waals surface area (Å²) in [6.45, 7) is 0.234. The van der Waals surface area contributed by atoms with Crippen molar-refractivity contribution in [3.8, 4) is 0 Å². The van der Waals surface area contributed by atoms with E-state index in [1.165, 1.54) is 0 Å². The fraction of sp³-hybridized carbons (Fsp3) is 0.0909. The molecule has 0 radical (unpaired) electrons. The Morgan fingerprint density at radius 1 is 1.38 bits per heavy atom. The quantitative estimate of drug-likeness (QED) is 0.878. The molecular formula is C11H10IN3O. The highest BCUT2D eigenvalue weighted by Crippen LogP contribution is 2.05. The number of hydrogen-bond acceptors (Lipinski definition) is 2. The molecule has 0 saturated heterocycles. The van der Waals surface area contributed by atoms with Gasteiger partial charge in [-0.1, -0.05) is 18.2 Å². The minimum atomic E-state index is -0.0781. The van der Waals surface area contributed by atoms with Gasteiger partial charge >= 0.3 is 0 Å². The highest BCUT2D eigenvalue weighted by Gasteiger charge is 2.03. The Morgan fingerprint density at radius 2 is 2.12 bits per heavy atom. The van der Waals surface area contributed by atoms with Crippen molar-refractivity contribution in [1.82, 2.24) is 9.78 Å². The topological polar surface area (TPSA) is 46.9 Å². The number of halogens is 1. The first-order valence-corrected chi connectivity index (χ1v) is 5.85. The van der Waals surface area contributed by atoms with Gasteiger partial charge in [-0.3, -0.25) is 9.48 Å². The molecule has 0 aliphatic rings. The van der Waals surface area contributed by atoms with Crippen LogP contribution in [0, 0.1) is 3.57 Å². The van der Waals surface area contributed by atoms with Crippen molar-refractivity contribution >= 4 is 34.2 Å². The number of anilines is 1. The fourth-order valence-corrected chi connectivity index (χ4v) is 1.74. The molecule has 0 aliphatic carbocycles. The summed E-state index contributed by atoms with van der Waals surface area (Å²) in [5.41, 5.74) is 0.800. The largest absolute Gasteiger partial charge is 0.324 e. The van der Waals surface area contributed by atoms with E-state index in [4.69, 9.17) is 0 Å². The van der Waals surface area contributed by atoms with E-state index in [2.05, 4.69) is 33.0 Å². The second-order valence-corrected chi connectivity index (χ2v) is 4.52. The molecule has 2 rings (SSSR count). The Bertz CT molecular complexity index is 481. The Hall–Kier alpha value is -1.37. The highest BCUT2D eigenvalue weighted by atomic mass is 127. The number of para-hydroxylation sites is 1. The maximum absolute atomic E-state index is 11.6. The first-order chi connectivity index (χ1) is 7.74. The molecule has 1 amide bonds. The van der Waals surface area contributed by atoms with Gasteiger partial charge < -0.3 is 5.32 Å². The van der Waals surface area contributed by atoms with Gasteiger partial charge in [-0.25, -0.2) is 0 Å². The Kier molecular flexibility index (Phi) is 3.55. The number of amides is 1. The summed E-state index contributed by atoms with van der Waals surface area (Å²) in [6, 6.07) is 9.37. The summed E-state index contributed by atoms with van der Waals surface area (Å²) in [6.07, 6.45) is 3.54. The average molecular weight is 327 g/mol. The maximum atomic E-state index is 11.6. The van der Waals surface area contributed by atoms with Gasteiger partial charge in [-0.05, 0) is 34.7 Å². The van der Waals surface area contributed by atoms with Crippen molar-refractivity contribution in [2.75, 3.05) is 5.32 Å². The van der Waals surface area contributed by atoms with Crippen LogP contribution in [0.5, 0.6) is 0 Å². The van der Waals surface area contributed by atoms with Crippen LogP contribution in [0.1, 0.15) is 0 Å². The third kappa shape index (κ3) is 3.06. The van der Waals surface area contributed by atoms with Crippen molar-refractivity contribution in [2.45, 2.75) is 6.54 Å². The van der Waals surface area contributed by atoms with Crippen LogP contribution in [0.25, 0.3) is 0 Å². The molecule has 1 aromatic heterocycles. The number of rotatable bonds is 3. The molecule has 1 N–H and O–H groups in total. The lowest BCUT2D eigenvalue weighted by atomic mass is 10.3. The summed E-state index contributed by atoms with van der Waals surface area (Å²) in [5.74, 6) is -0.0781. The van der Waals surface area contributed by atoms with Crippen LogP contribution in [-0.4, -0.2) is 15.7 Å². The van der Waals surface area contributed by atoms with E-state index in [1.807, 2.05) is 36.5 Å². The van der Waals surface area contributed by atoms with E-state index in [-0.39, 0.29) is 12.5 Å². The first-order valence-electron chi connectivity index (χ1n) is 4.77. The molecule has 0 fully saturated rings. The lowest BCUT2D eigenvalue weighted by Gasteiger charge is -2.04. The standard InChI is InChI=1S/C11H10IN3O/c12-9-6-13-15(7-9)8-11(16)14-10-4-2-1-3-5-10/h1-7H,8H2,(H,14,16). The van der Waals surface area contributed by atoms with Crippen molar-refractivity contribution in [3.63, 3.8) is 0 Å². The van der Waals surface area contributed by atoms with Gasteiger partial charge in [0.2, 0.25) is 5.91 Å². The molecule has 0 spiro atoms. The molecule has 5 heteroatoms. The zero-order valence-electron chi connectivity index (χ0n) is 8.43. The summed E-state index contributed by atoms with van der Waals surface area (Å²) in [5, 5.41) is 6.84. The van der Waals surface area contributed by atoms with E-state index in [9.17, 15) is 4.79 Å². The number of carbonyl (C=O) groups is 1. The van der Waals surface area contributed by atoms with Gasteiger partial charge in [0.15, 0.2) is 0 Å². The zero-order chi connectivity index (χ0) is 11.4. The molecule has 1 aromatic carbocycles. The molecule has 82 valence electrons. The lowest BCUT2D eigenvalue weighted by molar-refractivity contribution is -0.116. The number of carbonyl (C=O) groups excluding carboxylic acids is 1. The van der Waals surface area contributed by atoms with Gasteiger partial charge in [-0.15, -0.1) is 0 Å². The van der Waals surface area contributed by atoms with Crippen LogP contribution in [0.3, 0.4) is 0 Å². The number of nitrogens with zero attached hydrogens (tertiary/aromatic N) is 2. The average Bonchev–Trinajstić information content (AvgIpc) is 2.65. The second kappa shape index (κ2) is 5.11. The first kappa shape index (κ1) is 11.1. The Labute approximate surface area is 107 Å². The Balaban J connectivity index is 1.95. The minimum Gasteiger partial charge on any atom is -0.324 e. The summed E-state index contributed by atoms with van der Waals surface area (Å²) >= 11 is 2.16. The van der Waals surface area contributed by atoms with E-state index in [0.29, 0.717) is 0 Å². The second-order valence-electron chi connectivity index (χ2n) is 3.27. The molecule has 0 aliphatic heterocycles. The van der Waals surface area contributed by atoms with E-state index in [0.717, 1.165) is 9.26 Å². The van der Waals surface area contributed by atoms with Gasteiger partial charge in [0, 0.05) is 11.9 Å². The number of hydrogen-bond donors (Lipinski definition) is 1. The molecule has 2 aromatic rings. The van der Waals surface area contributed by atoms with E-state index in [1.54, 1.807) is 10.9 Å². The van der Waals surface area contributed by atoms with Gasteiger partial charge in [0.25, 0.3) is 0 Å². The van der Waals surface area contributed by atoms with Crippen LogP contribution < -0.4 is 5.32 Å². The Morgan fingerprint density at radius 3 is 2.75 bits per heavy atom. The predicted octanol–water partition coefficient (Wildman–Crippen LogP) is 2.13. The van der Waals surface area contributed by atoms with Crippen molar-refractivity contribution < 1.29 is 4.79 Å². The molecule has 0 atom stereocenters. The number of nitrogens with one attached hydrogen (secondary N) is 1. The van der Waals surface area contributed by atoms with Crippen LogP contribution in [0.4, 0.5) is 5.69 Å². The number of aromatic nitrogens is 2. The van der Waals surface area contributed by atoms with Crippen LogP contribution in [-0.2, 0) is 11.3 Å².